The molecule has 1 aliphatic heterocycles. The quantitative estimate of drug-likeness (QED) is 0.613. The lowest BCUT2D eigenvalue weighted by Gasteiger charge is -2.29. The van der Waals surface area contributed by atoms with Crippen LogP contribution < -0.4 is 10.9 Å². The van der Waals surface area contributed by atoms with Gasteiger partial charge in [-0.15, -0.1) is 0 Å². The summed E-state index contributed by atoms with van der Waals surface area (Å²) in [4.78, 5) is 40.0. The summed E-state index contributed by atoms with van der Waals surface area (Å²) < 4.78 is 3.33. The molecule has 1 aliphatic rings. The number of hydrogen-bond acceptors (Lipinski definition) is 4. The second-order valence-electron chi connectivity index (χ2n) is 7.96. The van der Waals surface area contributed by atoms with Gasteiger partial charge in [0.1, 0.15) is 5.56 Å². The minimum absolute atomic E-state index is 0.0112. The number of pyridine rings is 1. The second kappa shape index (κ2) is 9.64. The summed E-state index contributed by atoms with van der Waals surface area (Å²) in [6, 6.07) is 11.7. The molecule has 0 bridgehead atoms. The predicted octanol–water partition coefficient (Wildman–Crippen LogP) is 1.62. The number of amides is 2. The van der Waals surface area contributed by atoms with Crippen molar-refractivity contribution in [1.82, 2.24) is 24.6 Å². The standard InChI is InChI=1S/C24H27N5O3/c1-18(30)27-14-9-21-20(16-27)17-28(13-8-19-6-3-2-4-7-19)24(32)22(21)23(31)25-11-15-29-12-5-10-26-29/h2-7,10,12,17H,8-9,11,13-16H2,1H3,(H,25,31). The lowest BCUT2D eigenvalue weighted by atomic mass is 9.96. The fourth-order valence-corrected chi connectivity index (χ4v) is 4.08. The van der Waals surface area contributed by atoms with Crippen molar-refractivity contribution in [2.45, 2.75) is 39.4 Å². The summed E-state index contributed by atoms with van der Waals surface area (Å²) in [6.07, 6.45) is 6.49. The van der Waals surface area contributed by atoms with E-state index in [9.17, 15) is 14.4 Å². The third-order valence-corrected chi connectivity index (χ3v) is 5.81. The number of carbonyl (C=O) groups is 2. The molecule has 0 radical (unpaired) electrons. The lowest BCUT2D eigenvalue weighted by Crippen LogP contribution is -2.41. The number of aromatic nitrogens is 3. The van der Waals surface area contributed by atoms with Gasteiger partial charge in [-0.3, -0.25) is 19.1 Å². The van der Waals surface area contributed by atoms with Crippen LogP contribution in [-0.2, 0) is 37.3 Å². The molecule has 2 amide bonds. The SMILES string of the molecule is CC(=O)N1CCc2c(cn(CCc3ccccc3)c(=O)c2C(=O)NCCn2cccn2)C1. The first-order chi connectivity index (χ1) is 15.5. The van der Waals surface area contributed by atoms with E-state index < -0.39 is 0 Å². The summed E-state index contributed by atoms with van der Waals surface area (Å²) in [6.45, 7) is 3.80. The van der Waals surface area contributed by atoms with Gasteiger partial charge < -0.3 is 14.8 Å². The number of fused-ring (bicyclic) bond motifs is 1. The van der Waals surface area contributed by atoms with Crippen molar-refractivity contribution in [3.05, 3.63) is 87.6 Å². The largest absolute Gasteiger partial charge is 0.350 e. The van der Waals surface area contributed by atoms with Gasteiger partial charge in [0, 0.05) is 51.7 Å². The summed E-state index contributed by atoms with van der Waals surface area (Å²) in [5, 5.41) is 7.00. The molecule has 1 N–H and O–H groups in total. The molecule has 1 aromatic carbocycles. The van der Waals surface area contributed by atoms with Crippen molar-refractivity contribution >= 4 is 11.8 Å². The summed E-state index contributed by atoms with van der Waals surface area (Å²) >= 11 is 0. The van der Waals surface area contributed by atoms with E-state index in [0.29, 0.717) is 45.6 Å². The van der Waals surface area contributed by atoms with Crippen molar-refractivity contribution in [2.75, 3.05) is 13.1 Å². The van der Waals surface area contributed by atoms with Gasteiger partial charge in [0.05, 0.1) is 6.54 Å². The Hall–Kier alpha value is -3.68. The van der Waals surface area contributed by atoms with E-state index in [4.69, 9.17) is 0 Å². The van der Waals surface area contributed by atoms with Gasteiger partial charge in [-0.2, -0.15) is 5.10 Å². The number of carbonyl (C=O) groups excluding carboxylic acids is 2. The van der Waals surface area contributed by atoms with E-state index in [1.54, 1.807) is 27.3 Å². The maximum absolute atomic E-state index is 13.3. The van der Waals surface area contributed by atoms with Gasteiger partial charge >= 0.3 is 0 Å². The van der Waals surface area contributed by atoms with Crippen molar-refractivity contribution < 1.29 is 9.59 Å². The average Bonchev–Trinajstić information content (AvgIpc) is 3.31. The summed E-state index contributed by atoms with van der Waals surface area (Å²) in [5.41, 5.74) is 2.64. The Bertz CT molecular complexity index is 1150. The molecule has 32 heavy (non-hydrogen) atoms. The maximum atomic E-state index is 13.3. The molecule has 0 unspecified atom stereocenters. The molecule has 0 saturated heterocycles. The van der Waals surface area contributed by atoms with Crippen LogP contribution in [0.25, 0.3) is 0 Å². The highest BCUT2D eigenvalue weighted by molar-refractivity contribution is 5.95. The lowest BCUT2D eigenvalue weighted by molar-refractivity contribution is -0.129. The Morgan fingerprint density at radius 1 is 1.12 bits per heavy atom. The zero-order valence-electron chi connectivity index (χ0n) is 18.2. The Morgan fingerprint density at radius 3 is 2.66 bits per heavy atom. The van der Waals surface area contributed by atoms with E-state index >= 15 is 0 Å². The van der Waals surface area contributed by atoms with Gasteiger partial charge in [-0.05, 0) is 35.6 Å². The van der Waals surface area contributed by atoms with E-state index in [0.717, 1.165) is 16.7 Å². The van der Waals surface area contributed by atoms with Crippen LogP contribution >= 0.6 is 0 Å². The first kappa shape index (κ1) is 21.5. The van der Waals surface area contributed by atoms with E-state index in [1.807, 2.05) is 48.8 Å². The first-order valence-corrected chi connectivity index (χ1v) is 10.8. The third kappa shape index (κ3) is 4.80. The van der Waals surface area contributed by atoms with E-state index in [-0.39, 0.29) is 22.9 Å². The minimum atomic E-state index is -0.372. The van der Waals surface area contributed by atoms with E-state index in [1.165, 1.54) is 0 Å². The van der Waals surface area contributed by atoms with Gasteiger partial charge in [0.15, 0.2) is 0 Å². The number of nitrogens with zero attached hydrogens (tertiary/aromatic N) is 4. The second-order valence-corrected chi connectivity index (χ2v) is 7.96. The van der Waals surface area contributed by atoms with Crippen LogP contribution in [0.15, 0.2) is 59.8 Å². The number of aryl methyl sites for hydroxylation is 2. The Kier molecular flexibility index (Phi) is 6.49. The van der Waals surface area contributed by atoms with Crippen molar-refractivity contribution in [3.8, 4) is 0 Å². The molecule has 4 rings (SSSR count). The fourth-order valence-electron chi connectivity index (χ4n) is 4.08. The molecule has 0 atom stereocenters. The van der Waals surface area contributed by atoms with Gasteiger partial charge in [-0.1, -0.05) is 30.3 Å². The first-order valence-electron chi connectivity index (χ1n) is 10.8. The fraction of sp³-hybridized carbons (Fsp3) is 0.333. The Morgan fingerprint density at radius 2 is 1.94 bits per heavy atom. The molecular formula is C24H27N5O3. The maximum Gasteiger partial charge on any atom is 0.263 e. The number of benzene rings is 1. The van der Waals surface area contributed by atoms with Gasteiger partial charge in [0.2, 0.25) is 5.91 Å². The van der Waals surface area contributed by atoms with Crippen molar-refractivity contribution in [1.29, 1.82) is 0 Å². The highest BCUT2D eigenvalue weighted by atomic mass is 16.2. The molecule has 0 saturated carbocycles. The third-order valence-electron chi connectivity index (χ3n) is 5.81. The summed E-state index contributed by atoms with van der Waals surface area (Å²) in [7, 11) is 0. The molecule has 3 aromatic rings. The van der Waals surface area contributed by atoms with Crippen molar-refractivity contribution in [3.63, 3.8) is 0 Å². The van der Waals surface area contributed by atoms with Crippen LogP contribution in [0, 0.1) is 0 Å². The minimum Gasteiger partial charge on any atom is -0.350 e. The number of nitrogens with one attached hydrogen (secondary N) is 1. The van der Waals surface area contributed by atoms with Crippen LogP contribution in [-0.4, -0.2) is 44.2 Å². The van der Waals surface area contributed by atoms with E-state index in [2.05, 4.69) is 10.4 Å². The highest BCUT2D eigenvalue weighted by Crippen LogP contribution is 2.21. The smallest absolute Gasteiger partial charge is 0.263 e. The molecular weight excluding hydrogens is 406 g/mol. The topological polar surface area (TPSA) is 89.2 Å². The normalized spacial score (nSPS) is 13.0. The molecule has 8 heteroatoms. The molecule has 0 spiro atoms. The molecule has 2 aromatic heterocycles. The van der Waals surface area contributed by atoms with Crippen molar-refractivity contribution in [2.24, 2.45) is 0 Å². The predicted molar refractivity (Wildman–Crippen MR) is 120 cm³/mol. The summed E-state index contributed by atoms with van der Waals surface area (Å²) in [5.74, 6) is -0.383. The Balaban J connectivity index is 1.60. The zero-order chi connectivity index (χ0) is 22.5. The average molecular weight is 434 g/mol. The van der Waals surface area contributed by atoms with Crippen LogP contribution in [0.2, 0.25) is 0 Å². The van der Waals surface area contributed by atoms with Gasteiger partial charge in [0.25, 0.3) is 11.5 Å². The number of rotatable bonds is 7. The van der Waals surface area contributed by atoms with Gasteiger partial charge in [-0.25, -0.2) is 0 Å². The van der Waals surface area contributed by atoms with Crippen LogP contribution in [0.4, 0.5) is 0 Å². The van der Waals surface area contributed by atoms with Crippen LogP contribution in [0.3, 0.4) is 0 Å². The van der Waals surface area contributed by atoms with Crippen LogP contribution in [0.5, 0.6) is 0 Å². The molecule has 166 valence electrons. The zero-order valence-corrected chi connectivity index (χ0v) is 18.2. The molecule has 3 heterocycles. The molecule has 8 nitrogen and oxygen atoms in total. The Labute approximate surface area is 186 Å². The molecule has 0 aliphatic carbocycles. The van der Waals surface area contributed by atoms with Crippen LogP contribution in [0.1, 0.15) is 34.0 Å². The number of hydrogen-bond donors (Lipinski definition) is 1. The highest BCUT2D eigenvalue weighted by Gasteiger charge is 2.27. The molecule has 0 fully saturated rings. The monoisotopic (exact) mass is 433 g/mol.